The lowest BCUT2D eigenvalue weighted by Gasteiger charge is -2.08. The van der Waals surface area contributed by atoms with E-state index in [0.29, 0.717) is 5.75 Å². The highest BCUT2D eigenvalue weighted by atomic mass is 32.2. The third kappa shape index (κ3) is 3.61. The first kappa shape index (κ1) is 17.1. The third-order valence-electron chi connectivity index (χ3n) is 3.98. The van der Waals surface area contributed by atoms with Crippen LogP contribution in [-0.4, -0.2) is 30.2 Å². The average molecular weight is 383 g/mol. The van der Waals surface area contributed by atoms with Crippen molar-refractivity contribution in [2.24, 2.45) is 0 Å². The van der Waals surface area contributed by atoms with Crippen LogP contribution in [-0.2, 0) is 12.3 Å². The van der Waals surface area contributed by atoms with Gasteiger partial charge in [-0.25, -0.2) is 14.6 Å². The molecule has 26 heavy (non-hydrogen) atoms. The molecule has 0 bridgehead atoms. The predicted octanol–water partition coefficient (Wildman–Crippen LogP) is 4.44. The van der Waals surface area contributed by atoms with E-state index in [0.717, 1.165) is 51.8 Å². The number of aromatic nitrogens is 6. The first-order valence-electron chi connectivity index (χ1n) is 8.53. The summed E-state index contributed by atoms with van der Waals surface area (Å²) < 4.78 is 1.89. The molecule has 0 amide bonds. The first-order valence-corrected chi connectivity index (χ1v) is 10.4. The number of hydrogen-bond acceptors (Lipinski definition) is 7. The van der Waals surface area contributed by atoms with Crippen molar-refractivity contribution in [3.05, 3.63) is 47.6 Å². The van der Waals surface area contributed by atoms with Gasteiger partial charge in [-0.2, -0.15) is 0 Å². The number of para-hydroxylation sites is 1. The van der Waals surface area contributed by atoms with E-state index in [9.17, 15) is 0 Å². The van der Waals surface area contributed by atoms with Gasteiger partial charge >= 0.3 is 0 Å². The van der Waals surface area contributed by atoms with Crippen molar-refractivity contribution >= 4 is 34.0 Å². The van der Waals surface area contributed by atoms with E-state index < -0.39 is 0 Å². The lowest BCUT2D eigenvalue weighted by atomic mass is 10.2. The van der Waals surface area contributed by atoms with Gasteiger partial charge < -0.3 is 0 Å². The van der Waals surface area contributed by atoms with Crippen LogP contribution in [0.25, 0.3) is 21.6 Å². The molecule has 3 aromatic heterocycles. The summed E-state index contributed by atoms with van der Waals surface area (Å²) in [4.78, 5) is 10.6. The molecule has 3 heterocycles. The van der Waals surface area contributed by atoms with E-state index in [4.69, 9.17) is 9.97 Å². The van der Waals surface area contributed by atoms with Crippen molar-refractivity contribution in [1.29, 1.82) is 0 Å². The molecule has 0 N–H and O–H groups in total. The highest BCUT2D eigenvalue weighted by Gasteiger charge is 2.13. The van der Waals surface area contributed by atoms with Gasteiger partial charge in [0, 0.05) is 11.9 Å². The average Bonchev–Trinajstić information content (AvgIpc) is 3.36. The molecule has 0 saturated heterocycles. The minimum atomic E-state index is 0.682. The Balaban J connectivity index is 1.64. The molecular formula is C18H18N6S2. The van der Waals surface area contributed by atoms with Crippen LogP contribution in [0.2, 0.25) is 0 Å². The molecule has 4 rings (SSSR count). The fraction of sp³-hybridized carbons (Fsp3) is 0.278. The van der Waals surface area contributed by atoms with E-state index in [1.54, 1.807) is 23.1 Å². The summed E-state index contributed by atoms with van der Waals surface area (Å²) in [6, 6.07) is 12.2. The number of aryl methyl sites for hydroxylation is 1. The zero-order chi connectivity index (χ0) is 17.8. The monoisotopic (exact) mass is 382 g/mol. The Labute approximate surface area is 159 Å². The summed E-state index contributed by atoms with van der Waals surface area (Å²) in [5.41, 5.74) is 0.957. The molecule has 132 valence electrons. The van der Waals surface area contributed by atoms with E-state index in [-0.39, 0.29) is 0 Å². The largest absolute Gasteiger partial charge is 0.229 e. The van der Waals surface area contributed by atoms with Gasteiger partial charge in [0.2, 0.25) is 0 Å². The Morgan fingerprint density at radius 2 is 2.04 bits per heavy atom. The Bertz CT molecular complexity index is 996. The van der Waals surface area contributed by atoms with Crippen LogP contribution in [0.3, 0.4) is 0 Å². The summed E-state index contributed by atoms with van der Waals surface area (Å²) in [6.45, 7) is 3.02. The Kier molecular flexibility index (Phi) is 5.21. The molecule has 0 aliphatic carbocycles. The summed E-state index contributed by atoms with van der Waals surface area (Å²) in [5.74, 6) is 2.33. The van der Waals surface area contributed by atoms with Crippen LogP contribution in [0.1, 0.15) is 25.6 Å². The van der Waals surface area contributed by atoms with Gasteiger partial charge in [0.25, 0.3) is 0 Å². The highest BCUT2D eigenvalue weighted by Crippen LogP contribution is 2.31. The number of unbranched alkanes of at least 4 members (excludes halogenated alkanes) is 1. The molecular weight excluding hydrogens is 364 g/mol. The SMILES string of the molecule is CCCCn1nnnc1CSc1nc(-c2cccs2)nc2ccccc12. The van der Waals surface area contributed by atoms with Crippen molar-refractivity contribution in [2.75, 3.05) is 0 Å². The van der Waals surface area contributed by atoms with Crippen molar-refractivity contribution in [3.8, 4) is 10.7 Å². The second kappa shape index (κ2) is 7.92. The van der Waals surface area contributed by atoms with Gasteiger partial charge in [-0.3, -0.25) is 0 Å². The number of nitrogens with zero attached hydrogens (tertiary/aromatic N) is 6. The molecule has 0 aliphatic rings. The minimum absolute atomic E-state index is 0.682. The van der Waals surface area contributed by atoms with Crippen LogP contribution >= 0.6 is 23.1 Å². The van der Waals surface area contributed by atoms with E-state index >= 15 is 0 Å². The molecule has 4 aromatic rings. The minimum Gasteiger partial charge on any atom is -0.229 e. The first-order chi connectivity index (χ1) is 12.8. The molecule has 1 aromatic carbocycles. The number of thioether (sulfide) groups is 1. The Morgan fingerprint density at radius 3 is 2.88 bits per heavy atom. The maximum atomic E-state index is 4.82. The van der Waals surface area contributed by atoms with Crippen molar-refractivity contribution in [2.45, 2.75) is 37.1 Å². The molecule has 0 fully saturated rings. The van der Waals surface area contributed by atoms with Crippen LogP contribution in [0.4, 0.5) is 0 Å². The summed E-state index contributed by atoms with van der Waals surface area (Å²) >= 11 is 3.31. The van der Waals surface area contributed by atoms with E-state index in [1.165, 1.54) is 0 Å². The van der Waals surface area contributed by atoms with Gasteiger partial charge in [0.05, 0.1) is 16.1 Å². The predicted molar refractivity (Wildman–Crippen MR) is 105 cm³/mol. The van der Waals surface area contributed by atoms with Crippen molar-refractivity contribution in [3.63, 3.8) is 0 Å². The van der Waals surface area contributed by atoms with Crippen LogP contribution in [0, 0.1) is 0 Å². The molecule has 6 nitrogen and oxygen atoms in total. The molecule has 0 spiro atoms. The normalized spacial score (nSPS) is 11.3. The quantitative estimate of drug-likeness (QED) is 0.348. The zero-order valence-corrected chi connectivity index (χ0v) is 16.0. The highest BCUT2D eigenvalue weighted by molar-refractivity contribution is 7.98. The van der Waals surface area contributed by atoms with Crippen molar-refractivity contribution < 1.29 is 0 Å². The van der Waals surface area contributed by atoms with Crippen molar-refractivity contribution in [1.82, 2.24) is 30.2 Å². The van der Waals surface area contributed by atoms with Gasteiger partial charge in [0.1, 0.15) is 5.03 Å². The molecule has 0 atom stereocenters. The molecule has 0 aliphatic heterocycles. The summed E-state index contributed by atoms with van der Waals surface area (Å²) in [7, 11) is 0. The van der Waals surface area contributed by atoms with E-state index in [1.807, 2.05) is 34.3 Å². The Morgan fingerprint density at radius 1 is 1.12 bits per heavy atom. The second-order valence-corrected chi connectivity index (χ2v) is 7.72. The topological polar surface area (TPSA) is 69.4 Å². The number of thiophene rings is 1. The molecule has 0 saturated carbocycles. The lowest BCUT2D eigenvalue weighted by molar-refractivity contribution is 0.540. The van der Waals surface area contributed by atoms with Crippen LogP contribution in [0.15, 0.2) is 46.8 Å². The summed E-state index contributed by atoms with van der Waals surface area (Å²) in [5, 5.41) is 16.2. The zero-order valence-electron chi connectivity index (χ0n) is 14.4. The van der Waals surface area contributed by atoms with Gasteiger partial charge in [-0.1, -0.05) is 49.4 Å². The summed E-state index contributed by atoms with van der Waals surface area (Å²) in [6.07, 6.45) is 2.19. The number of tetrazole rings is 1. The number of fused-ring (bicyclic) bond motifs is 1. The lowest BCUT2D eigenvalue weighted by Crippen LogP contribution is -2.05. The maximum Gasteiger partial charge on any atom is 0.171 e. The second-order valence-electron chi connectivity index (χ2n) is 5.81. The number of rotatable bonds is 7. The fourth-order valence-electron chi connectivity index (χ4n) is 2.61. The van der Waals surface area contributed by atoms with Crippen LogP contribution < -0.4 is 0 Å². The maximum absolute atomic E-state index is 4.82. The number of hydrogen-bond donors (Lipinski definition) is 0. The van der Waals surface area contributed by atoms with E-state index in [2.05, 4.69) is 34.6 Å². The van der Waals surface area contributed by atoms with Gasteiger partial charge in [-0.05, 0) is 34.4 Å². The van der Waals surface area contributed by atoms with Crippen LogP contribution in [0.5, 0.6) is 0 Å². The van der Waals surface area contributed by atoms with Gasteiger partial charge in [0.15, 0.2) is 11.6 Å². The third-order valence-corrected chi connectivity index (χ3v) is 5.83. The smallest absolute Gasteiger partial charge is 0.171 e. The number of benzene rings is 1. The fourth-order valence-corrected chi connectivity index (χ4v) is 4.22. The standard InChI is InChI=1S/C18H18N6S2/c1-2-3-10-24-16(21-22-23-24)12-26-18-13-7-4-5-8-14(13)19-17(20-18)15-9-6-11-25-15/h4-9,11H,2-3,10,12H2,1H3. The Hall–Kier alpha value is -2.32. The molecule has 0 radical (unpaired) electrons. The molecule has 0 unspecified atom stereocenters. The van der Waals surface area contributed by atoms with Gasteiger partial charge in [-0.15, -0.1) is 16.4 Å². The molecule has 8 heteroatoms.